The van der Waals surface area contributed by atoms with Gasteiger partial charge >= 0.3 is 0 Å². The summed E-state index contributed by atoms with van der Waals surface area (Å²) in [6.07, 6.45) is -0.382. The van der Waals surface area contributed by atoms with Gasteiger partial charge in [-0.25, -0.2) is 12.8 Å². The van der Waals surface area contributed by atoms with Gasteiger partial charge in [-0.05, 0) is 18.9 Å². The van der Waals surface area contributed by atoms with E-state index in [1.54, 1.807) is 6.92 Å². The van der Waals surface area contributed by atoms with Crippen LogP contribution in [0.2, 0.25) is 5.02 Å². The highest BCUT2D eigenvalue weighted by atomic mass is 35.5. The first kappa shape index (κ1) is 15.4. The van der Waals surface area contributed by atoms with E-state index in [9.17, 15) is 17.9 Å². The number of hydrogen-bond donors (Lipinski definition) is 1. The van der Waals surface area contributed by atoms with Gasteiger partial charge in [-0.1, -0.05) is 30.7 Å². The Hall–Kier alpha value is -0.650. The summed E-state index contributed by atoms with van der Waals surface area (Å²) >= 11 is 5.73. The lowest BCUT2D eigenvalue weighted by molar-refractivity contribution is 0.166. The van der Waals surface area contributed by atoms with Crippen molar-refractivity contribution < 1.29 is 17.9 Å². The van der Waals surface area contributed by atoms with Crippen LogP contribution in [0, 0.1) is 5.82 Å². The molecule has 0 aromatic heterocycles. The highest BCUT2D eigenvalue weighted by Gasteiger charge is 2.15. The van der Waals surface area contributed by atoms with Gasteiger partial charge < -0.3 is 5.11 Å². The van der Waals surface area contributed by atoms with Crippen molar-refractivity contribution in [3.8, 4) is 0 Å². The quantitative estimate of drug-likeness (QED) is 0.878. The van der Waals surface area contributed by atoms with Crippen LogP contribution < -0.4 is 0 Å². The highest BCUT2D eigenvalue weighted by Crippen LogP contribution is 2.28. The predicted molar refractivity (Wildman–Crippen MR) is 69.9 cm³/mol. The van der Waals surface area contributed by atoms with E-state index in [-0.39, 0.29) is 22.9 Å². The predicted octanol–water partition coefficient (Wildman–Crippen LogP) is 2.73. The third-order valence-corrected chi connectivity index (χ3v) is 4.90. The van der Waals surface area contributed by atoms with Gasteiger partial charge in [0.05, 0.1) is 16.9 Å². The Balaban J connectivity index is 2.61. The van der Waals surface area contributed by atoms with Gasteiger partial charge in [-0.15, -0.1) is 0 Å². The monoisotopic (exact) mass is 294 g/mol. The van der Waals surface area contributed by atoms with Crippen molar-refractivity contribution >= 4 is 21.4 Å². The zero-order valence-electron chi connectivity index (χ0n) is 10.1. The van der Waals surface area contributed by atoms with Gasteiger partial charge in [-0.3, -0.25) is 0 Å². The molecule has 0 aliphatic carbocycles. The molecule has 102 valence electrons. The molecule has 1 rings (SSSR count). The third-order valence-electron chi connectivity index (χ3n) is 2.71. The molecular formula is C12H16ClFO3S. The number of sulfone groups is 1. The van der Waals surface area contributed by atoms with Crippen molar-refractivity contribution in [1.82, 2.24) is 0 Å². The Kier molecular flexibility index (Phi) is 5.56. The van der Waals surface area contributed by atoms with Gasteiger partial charge in [-0.2, -0.15) is 0 Å². The fourth-order valence-corrected chi connectivity index (χ4v) is 2.72. The summed E-state index contributed by atoms with van der Waals surface area (Å²) in [5.41, 5.74) is 0.297. The van der Waals surface area contributed by atoms with E-state index in [1.165, 1.54) is 18.2 Å². The summed E-state index contributed by atoms with van der Waals surface area (Å²) in [4.78, 5) is 0. The second kappa shape index (κ2) is 6.50. The molecule has 0 amide bonds. The molecule has 0 radical (unpaired) electrons. The zero-order chi connectivity index (χ0) is 13.8. The van der Waals surface area contributed by atoms with Crippen molar-refractivity contribution in [3.05, 3.63) is 34.6 Å². The molecule has 1 N–H and O–H groups in total. The highest BCUT2D eigenvalue weighted by molar-refractivity contribution is 7.91. The standard InChI is InChI=1S/C12H16ClFO3S/c1-2-18(16,17)8-4-7-11(15)9-5-3-6-10(14)12(9)13/h3,5-6,11,15H,2,4,7-8H2,1H3. The molecule has 0 aliphatic rings. The normalized spacial score (nSPS) is 13.6. The number of aliphatic hydroxyl groups excluding tert-OH is 1. The van der Waals surface area contributed by atoms with Crippen molar-refractivity contribution in [2.75, 3.05) is 11.5 Å². The first-order valence-corrected chi connectivity index (χ1v) is 7.89. The molecule has 0 bridgehead atoms. The molecule has 1 aromatic rings. The van der Waals surface area contributed by atoms with E-state index >= 15 is 0 Å². The minimum atomic E-state index is -3.03. The Morgan fingerprint density at radius 3 is 2.72 bits per heavy atom. The first-order valence-electron chi connectivity index (χ1n) is 5.69. The van der Waals surface area contributed by atoms with E-state index < -0.39 is 21.8 Å². The van der Waals surface area contributed by atoms with Crippen molar-refractivity contribution in [1.29, 1.82) is 0 Å². The van der Waals surface area contributed by atoms with Crippen molar-refractivity contribution in [3.63, 3.8) is 0 Å². The molecule has 3 nitrogen and oxygen atoms in total. The fraction of sp³-hybridized carbons (Fsp3) is 0.500. The summed E-state index contributed by atoms with van der Waals surface area (Å²) in [7, 11) is -3.03. The van der Waals surface area contributed by atoms with Crippen LogP contribution in [-0.4, -0.2) is 25.0 Å². The lowest BCUT2D eigenvalue weighted by Crippen LogP contribution is -2.10. The summed E-state index contributed by atoms with van der Waals surface area (Å²) in [6, 6.07) is 4.20. The van der Waals surface area contributed by atoms with Crippen LogP contribution in [-0.2, 0) is 9.84 Å². The second-order valence-corrected chi connectivity index (χ2v) is 6.89. The lowest BCUT2D eigenvalue weighted by atomic mass is 10.1. The Morgan fingerprint density at radius 2 is 2.11 bits per heavy atom. The van der Waals surface area contributed by atoms with Crippen LogP contribution in [0.1, 0.15) is 31.4 Å². The number of benzene rings is 1. The molecule has 1 atom stereocenters. The van der Waals surface area contributed by atoms with Gasteiger partial charge in [0, 0.05) is 11.3 Å². The van der Waals surface area contributed by atoms with Crippen LogP contribution in [0.3, 0.4) is 0 Å². The van der Waals surface area contributed by atoms with Crippen LogP contribution in [0.25, 0.3) is 0 Å². The maximum atomic E-state index is 13.2. The molecule has 0 saturated heterocycles. The summed E-state index contributed by atoms with van der Waals surface area (Å²) in [6.45, 7) is 1.58. The molecule has 0 fully saturated rings. The van der Waals surface area contributed by atoms with Gasteiger partial charge in [0.2, 0.25) is 0 Å². The smallest absolute Gasteiger partial charge is 0.150 e. The van der Waals surface area contributed by atoms with Crippen molar-refractivity contribution in [2.45, 2.75) is 25.9 Å². The number of aliphatic hydroxyl groups is 1. The number of halogens is 2. The minimum Gasteiger partial charge on any atom is -0.388 e. The fourth-order valence-electron chi connectivity index (χ4n) is 1.57. The largest absolute Gasteiger partial charge is 0.388 e. The molecule has 6 heteroatoms. The Bertz CT molecular complexity index is 502. The summed E-state index contributed by atoms with van der Waals surface area (Å²) < 4.78 is 35.7. The van der Waals surface area contributed by atoms with E-state index in [1.807, 2.05) is 0 Å². The maximum absolute atomic E-state index is 13.2. The maximum Gasteiger partial charge on any atom is 0.150 e. The minimum absolute atomic E-state index is 0.0213. The van der Waals surface area contributed by atoms with Crippen molar-refractivity contribution in [2.24, 2.45) is 0 Å². The SMILES string of the molecule is CCS(=O)(=O)CCCC(O)c1cccc(F)c1Cl. The average molecular weight is 295 g/mol. The van der Waals surface area contributed by atoms with Gasteiger partial charge in [0.1, 0.15) is 15.7 Å². The molecule has 1 aromatic carbocycles. The van der Waals surface area contributed by atoms with E-state index in [2.05, 4.69) is 0 Å². The van der Waals surface area contributed by atoms with Crippen LogP contribution in [0.5, 0.6) is 0 Å². The Morgan fingerprint density at radius 1 is 1.44 bits per heavy atom. The molecular weight excluding hydrogens is 279 g/mol. The van der Waals surface area contributed by atoms with Gasteiger partial charge in [0.25, 0.3) is 0 Å². The van der Waals surface area contributed by atoms with Crippen LogP contribution in [0.15, 0.2) is 18.2 Å². The van der Waals surface area contributed by atoms with E-state index in [0.29, 0.717) is 12.0 Å². The second-order valence-electron chi connectivity index (χ2n) is 4.04. The third kappa shape index (κ3) is 4.23. The molecule has 18 heavy (non-hydrogen) atoms. The van der Waals surface area contributed by atoms with Crippen LogP contribution >= 0.6 is 11.6 Å². The summed E-state index contributed by atoms with van der Waals surface area (Å²) in [5.74, 6) is -0.480. The first-order chi connectivity index (χ1) is 8.37. The average Bonchev–Trinajstić information content (AvgIpc) is 2.32. The van der Waals surface area contributed by atoms with Gasteiger partial charge in [0.15, 0.2) is 0 Å². The number of rotatable bonds is 6. The van der Waals surface area contributed by atoms with E-state index in [4.69, 9.17) is 11.6 Å². The van der Waals surface area contributed by atoms with Crippen LogP contribution in [0.4, 0.5) is 4.39 Å². The zero-order valence-corrected chi connectivity index (χ0v) is 11.6. The molecule has 0 saturated carbocycles. The molecule has 0 spiro atoms. The molecule has 0 aliphatic heterocycles. The number of hydrogen-bond acceptors (Lipinski definition) is 3. The molecule has 0 heterocycles. The summed E-state index contributed by atoms with van der Waals surface area (Å²) in [5, 5.41) is 9.74. The topological polar surface area (TPSA) is 54.4 Å². The Labute approximate surface area is 112 Å². The molecule has 1 unspecified atom stereocenters. The van der Waals surface area contributed by atoms with E-state index in [0.717, 1.165) is 0 Å². The lowest BCUT2D eigenvalue weighted by Gasteiger charge is -2.12.